The molecule has 0 saturated heterocycles. The van der Waals surface area contributed by atoms with Crippen molar-refractivity contribution in [2.75, 3.05) is 6.61 Å². The van der Waals surface area contributed by atoms with Crippen LogP contribution in [0.3, 0.4) is 0 Å². The van der Waals surface area contributed by atoms with Crippen LogP contribution in [0, 0.1) is 0 Å². The van der Waals surface area contributed by atoms with Crippen molar-refractivity contribution in [1.29, 1.82) is 0 Å². The Balaban J connectivity index is 1.50. The maximum absolute atomic E-state index is 13.3. The Hall–Kier alpha value is -2.53. The number of hydrogen-bond donors (Lipinski definition) is 1. The van der Waals surface area contributed by atoms with Crippen LogP contribution >= 0.6 is 0 Å². The van der Waals surface area contributed by atoms with Gasteiger partial charge in [-0.2, -0.15) is 0 Å². The summed E-state index contributed by atoms with van der Waals surface area (Å²) in [5.41, 5.74) is 1.91. The SMILES string of the molecule is CC(=O)c1ccc(C(=O)N(C2CC2)C2CCC(CO)(c3ccccn3)CC2)cc1. The van der Waals surface area contributed by atoms with Gasteiger partial charge in [-0.3, -0.25) is 14.6 Å². The predicted molar refractivity (Wildman–Crippen MR) is 111 cm³/mol. The molecular weight excluding hydrogens is 364 g/mol. The fraction of sp³-hybridized carbons (Fsp3) is 0.458. The van der Waals surface area contributed by atoms with E-state index in [1.54, 1.807) is 30.5 Å². The molecule has 0 radical (unpaired) electrons. The van der Waals surface area contributed by atoms with Crippen LogP contribution in [0.5, 0.6) is 0 Å². The van der Waals surface area contributed by atoms with Gasteiger partial charge in [0.25, 0.3) is 5.91 Å². The quantitative estimate of drug-likeness (QED) is 0.760. The van der Waals surface area contributed by atoms with E-state index in [0.29, 0.717) is 17.2 Å². The molecule has 29 heavy (non-hydrogen) atoms. The fourth-order valence-corrected chi connectivity index (χ4v) is 4.58. The topological polar surface area (TPSA) is 70.5 Å². The smallest absolute Gasteiger partial charge is 0.254 e. The van der Waals surface area contributed by atoms with Gasteiger partial charge in [-0.25, -0.2) is 0 Å². The number of pyridine rings is 1. The molecule has 152 valence electrons. The number of ketones is 1. The normalized spacial score (nSPS) is 24.1. The zero-order valence-electron chi connectivity index (χ0n) is 16.9. The van der Waals surface area contributed by atoms with Crippen molar-refractivity contribution in [3.05, 3.63) is 65.5 Å². The molecule has 2 aliphatic rings. The van der Waals surface area contributed by atoms with Crippen molar-refractivity contribution in [2.24, 2.45) is 0 Å². The number of aliphatic hydroxyl groups is 1. The number of aromatic nitrogens is 1. The first-order valence-corrected chi connectivity index (χ1v) is 10.5. The highest BCUT2D eigenvalue weighted by atomic mass is 16.3. The number of rotatable bonds is 6. The van der Waals surface area contributed by atoms with Gasteiger partial charge in [0.05, 0.1) is 6.61 Å². The molecule has 0 spiro atoms. The maximum atomic E-state index is 13.3. The number of Topliss-reactive ketones (excluding diaryl/α,β-unsaturated/α-hetero) is 1. The molecule has 1 heterocycles. The molecule has 1 amide bonds. The first kappa shape index (κ1) is 19.8. The first-order valence-electron chi connectivity index (χ1n) is 10.5. The minimum Gasteiger partial charge on any atom is -0.395 e. The second-order valence-corrected chi connectivity index (χ2v) is 8.46. The summed E-state index contributed by atoms with van der Waals surface area (Å²) in [5.74, 6) is 0.0622. The van der Waals surface area contributed by atoms with E-state index in [1.165, 1.54) is 6.92 Å². The molecule has 2 aliphatic carbocycles. The average Bonchev–Trinajstić information content (AvgIpc) is 3.60. The molecule has 2 fully saturated rings. The number of amides is 1. The highest BCUT2D eigenvalue weighted by Crippen LogP contribution is 2.42. The molecular formula is C24H28N2O3. The van der Waals surface area contributed by atoms with E-state index in [4.69, 9.17) is 0 Å². The Kier molecular flexibility index (Phi) is 5.50. The lowest BCUT2D eigenvalue weighted by molar-refractivity contribution is 0.0514. The van der Waals surface area contributed by atoms with Crippen LogP contribution in [0.15, 0.2) is 48.7 Å². The number of benzene rings is 1. The van der Waals surface area contributed by atoms with Crippen LogP contribution in [0.4, 0.5) is 0 Å². The Morgan fingerprint density at radius 3 is 2.14 bits per heavy atom. The van der Waals surface area contributed by atoms with E-state index >= 15 is 0 Å². The second-order valence-electron chi connectivity index (χ2n) is 8.46. The summed E-state index contributed by atoms with van der Waals surface area (Å²) in [7, 11) is 0. The number of hydrogen-bond acceptors (Lipinski definition) is 4. The van der Waals surface area contributed by atoms with Crippen LogP contribution in [0.1, 0.15) is 71.9 Å². The minimum absolute atomic E-state index is 0.00481. The van der Waals surface area contributed by atoms with E-state index in [2.05, 4.69) is 9.88 Å². The predicted octanol–water partition coefficient (Wildman–Crippen LogP) is 3.76. The van der Waals surface area contributed by atoms with Crippen LogP contribution in [0.2, 0.25) is 0 Å². The van der Waals surface area contributed by atoms with E-state index < -0.39 is 0 Å². The second kappa shape index (κ2) is 8.07. The third-order valence-electron chi connectivity index (χ3n) is 6.53. The van der Waals surface area contributed by atoms with Crippen LogP contribution in [-0.4, -0.2) is 45.4 Å². The summed E-state index contributed by atoms with van der Waals surface area (Å²) < 4.78 is 0. The van der Waals surface area contributed by atoms with E-state index in [1.807, 2.05) is 18.2 Å². The van der Waals surface area contributed by atoms with Crippen molar-refractivity contribution in [3.8, 4) is 0 Å². The van der Waals surface area contributed by atoms with Gasteiger partial charge in [0.15, 0.2) is 5.78 Å². The number of carbonyl (C=O) groups is 2. The molecule has 1 aromatic heterocycles. The van der Waals surface area contributed by atoms with E-state index in [9.17, 15) is 14.7 Å². The largest absolute Gasteiger partial charge is 0.395 e. The highest BCUT2D eigenvalue weighted by molar-refractivity contribution is 5.98. The zero-order chi connectivity index (χ0) is 20.4. The lowest BCUT2D eigenvalue weighted by atomic mass is 9.70. The number of aliphatic hydroxyl groups excluding tert-OH is 1. The third-order valence-corrected chi connectivity index (χ3v) is 6.53. The van der Waals surface area contributed by atoms with Crippen LogP contribution in [-0.2, 0) is 5.41 Å². The summed E-state index contributed by atoms with van der Waals surface area (Å²) >= 11 is 0. The molecule has 1 N–H and O–H groups in total. The van der Waals surface area contributed by atoms with Gasteiger partial charge in [0.1, 0.15) is 0 Å². The molecule has 0 unspecified atom stereocenters. The Morgan fingerprint density at radius 2 is 1.62 bits per heavy atom. The van der Waals surface area contributed by atoms with Gasteiger partial charge in [0, 0.05) is 40.5 Å². The van der Waals surface area contributed by atoms with Gasteiger partial charge >= 0.3 is 0 Å². The highest BCUT2D eigenvalue weighted by Gasteiger charge is 2.43. The average molecular weight is 392 g/mol. The molecule has 0 atom stereocenters. The zero-order valence-corrected chi connectivity index (χ0v) is 16.9. The molecule has 0 bridgehead atoms. The van der Waals surface area contributed by atoms with Gasteiger partial charge in [-0.1, -0.05) is 18.2 Å². The molecule has 0 aliphatic heterocycles. The Labute approximate surface area is 171 Å². The van der Waals surface area contributed by atoms with E-state index in [-0.39, 0.29) is 29.8 Å². The van der Waals surface area contributed by atoms with Gasteiger partial charge in [-0.15, -0.1) is 0 Å². The minimum atomic E-state index is -0.306. The summed E-state index contributed by atoms with van der Waals surface area (Å²) in [6.45, 7) is 1.62. The maximum Gasteiger partial charge on any atom is 0.254 e. The van der Waals surface area contributed by atoms with Crippen molar-refractivity contribution < 1.29 is 14.7 Å². The fourth-order valence-electron chi connectivity index (χ4n) is 4.58. The van der Waals surface area contributed by atoms with Gasteiger partial charge in [0.2, 0.25) is 0 Å². The monoisotopic (exact) mass is 392 g/mol. The van der Waals surface area contributed by atoms with Crippen molar-refractivity contribution in [3.63, 3.8) is 0 Å². The third kappa shape index (κ3) is 3.97. The number of nitrogens with zero attached hydrogens (tertiary/aromatic N) is 2. The molecule has 4 rings (SSSR count). The van der Waals surface area contributed by atoms with E-state index in [0.717, 1.165) is 44.2 Å². The molecule has 2 aromatic rings. The molecule has 5 heteroatoms. The van der Waals surface area contributed by atoms with Crippen LogP contribution in [0.25, 0.3) is 0 Å². The summed E-state index contributed by atoms with van der Waals surface area (Å²) in [6, 6.07) is 13.4. The molecule has 5 nitrogen and oxygen atoms in total. The summed E-state index contributed by atoms with van der Waals surface area (Å²) in [6.07, 6.45) is 7.27. The summed E-state index contributed by atoms with van der Waals surface area (Å²) in [4.78, 5) is 31.4. The number of carbonyl (C=O) groups excluding carboxylic acids is 2. The van der Waals surface area contributed by atoms with Gasteiger partial charge < -0.3 is 10.0 Å². The summed E-state index contributed by atoms with van der Waals surface area (Å²) in [5, 5.41) is 10.2. The van der Waals surface area contributed by atoms with Gasteiger partial charge in [-0.05, 0) is 69.7 Å². The lowest BCUT2D eigenvalue weighted by Crippen LogP contribution is -2.47. The van der Waals surface area contributed by atoms with Crippen molar-refractivity contribution >= 4 is 11.7 Å². The van der Waals surface area contributed by atoms with Crippen molar-refractivity contribution in [2.45, 2.75) is 62.9 Å². The molecule has 1 aromatic carbocycles. The molecule has 2 saturated carbocycles. The Bertz CT molecular complexity index is 867. The lowest BCUT2D eigenvalue weighted by Gasteiger charge is -2.42. The first-order chi connectivity index (χ1) is 14.0. The van der Waals surface area contributed by atoms with Crippen LogP contribution < -0.4 is 0 Å². The standard InChI is InChI=1S/C24H28N2O3/c1-17(28)18-5-7-19(8-6-18)23(29)26(20-9-10-20)21-11-13-24(16-27,14-12-21)22-4-2-3-15-25-22/h2-8,15,20-21,27H,9-14,16H2,1H3. The Morgan fingerprint density at radius 1 is 1.00 bits per heavy atom. The van der Waals surface area contributed by atoms with Crippen molar-refractivity contribution in [1.82, 2.24) is 9.88 Å².